The Kier molecular flexibility index (Phi) is 4.76. The van der Waals surface area contributed by atoms with E-state index in [9.17, 15) is 4.79 Å². The van der Waals surface area contributed by atoms with Crippen LogP contribution in [0.3, 0.4) is 0 Å². The van der Waals surface area contributed by atoms with Gasteiger partial charge in [-0.25, -0.2) is 4.79 Å². The Bertz CT molecular complexity index is 434. The lowest BCUT2D eigenvalue weighted by atomic mass is 9.96. The molecule has 0 saturated heterocycles. The van der Waals surface area contributed by atoms with E-state index in [1.165, 1.54) is 0 Å². The van der Waals surface area contributed by atoms with Gasteiger partial charge in [-0.15, -0.1) is 0 Å². The molecule has 3 nitrogen and oxygen atoms in total. The summed E-state index contributed by atoms with van der Waals surface area (Å²) in [5, 5.41) is 0. The van der Waals surface area contributed by atoms with Gasteiger partial charge in [0.2, 0.25) is 0 Å². The summed E-state index contributed by atoms with van der Waals surface area (Å²) in [7, 11) is 1.65. The molecule has 0 aliphatic rings. The number of carbonyl (C=O) groups is 1. The molecule has 0 radical (unpaired) electrons. The van der Waals surface area contributed by atoms with E-state index in [0.717, 1.165) is 16.9 Å². The number of hydrogen-bond acceptors (Lipinski definition) is 3. The van der Waals surface area contributed by atoms with Gasteiger partial charge in [-0.05, 0) is 49.9 Å². The maximum absolute atomic E-state index is 12.0. The standard InChI is InChI=1S/C15H22O3/c1-9(2)12-8-13(15(16)18-10(3)4)11(5)7-14(12)17-6/h7-10H,1-6H3. The van der Waals surface area contributed by atoms with Crippen molar-refractivity contribution in [3.8, 4) is 5.75 Å². The van der Waals surface area contributed by atoms with Crippen molar-refractivity contribution < 1.29 is 14.3 Å². The van der Waals surface area contributed by atoms with Crippen molar-refractivity contribution in [1.82, 2.24) is 0 Å². The third kappa shape index (κ3) is 3.25. The average Bonchev–Trinajstić information content (AvgIpc) is 2.26. The van der Waals surface area contributed by atoms with E-state index in [0.29, 0.717) is 11.5 Å². The Morgan fingerprint density at radius 1 is 1.17 bits per heavy atom. The highest BCUT2D eigenvalue weighted by atomic mass is 16.5. The smallest absolute Gasteiger partial charge is 0.338 e. The second-order valence-electron chi connectivity index (χ2n) is 5.02. The minimum absolute atomic E-state index is 0.110. The molecule has 0 aromatic heterocycles. The Balaban J connectivity index is 3.21. The number of methoxy groups -OCH3 is 1. The van der Waals surface area contributed by atoms with Crippen molar-refractivity contribution in [3.63, 3.8) is 0 Å². The predicted octanol–water partition coefficient (Wildman–Crippen LogP) is 3.69. The summed E-state index contributed by atoms with van der Waals surface area (Å²) in [5.74, 6) is 0.849. The molecule has 0 aliphatic carbocycles. The summed E-state index contributed by atoms with van der Waals surface area (Å²) in [5.41, 5.74) is 2.52. The maximum Gasteiger partial charge on any atom is 0.338 e. The number of carbonyl (C=O) groups excluding carboxylic acids is 1. The summed E-state index contributed by atoms with van der Waals surface area (Å²) >= 11 is 0. The van der Waals surface area contributed by atoms with Gasteiger partial charge in [0, 0.05) is 0 Å². The third-order valence-electron chi connectivity index (χ3n) is 2.76. The average molecular weight is 250 g/mol. The molecule has 0 bridgehead atoms. The summed E-state index contributed by atoms with van der Waals surface area (Å²) in [4.78, 5) is 12.0. The quantitative estimate of drug-likeness (QED) is 0.764. The van der Waals surface area contributed by atoms with Crippen LogP contribution in [0.1, 0.15) is 55.1 Å². The molecule has 0 fully saturated rings. The van der Waals surface area contributed by atoms with Crippen molar-refractivity contribution >= 4 is 5.97 Å². The number of hydrogen-bond donors (Lipinski definition) is 0. The molecule has 0 amide bonds. The van der Waals surface area contributed by atoms with Crippen molar-refractivity contribution in [3.05, 3.63) is 28.8 Å². The monoisotopic (exact) mass is 250 g/mol. The van der Waals surface area contributed by atoms with E-state index < -0.39 is 0 Å². The van der Waals surface area contributed by atoms with E-state index in [2.05, 4.69) is 13.8 Å². The van der Waals surface area contributed by atoms with Crippen LogP contribution < -0.4 is 4.74 Å². The Labute approximate surface area is 109 Å². The van der Waals surface area contributed by atoms with Crippen LogP contribution >= 0.6 is 0 Å². The van der Waals surface area contributed by atoms with E-state index in [4.69, 9.17) is 9.47 Å². The fourth-order valence-corrected chi connectivity index (χ4v) is 1.82. The van der Waals surface area contributed by atoms with Crippen LogP contribution in [0.15, 0.2) is 12.1 Å². The van der Waals surface area contributed by atoms with Crippen LogP contribution in [0.5, 0.6) is 5.75 Å². The van der Waals surface area contributed by atoms with Crippen LogP contribution in [0.25, 0.3) is 0 Å². The fourth-order valence-electron chi connectivity index (χ4n) is 1.82. The molecular formula is C15H22O3. The first-order valence-electron chi connectivity index (χ1n) is 6.26. The van der Waals surface area contributed by atoms with Gasteiger partial charge < -0.3 is 9.47 Å². The van der Waals surface area contributed by atoms with Crippen molar-refractivity contribution in [2.45, 2.75) is 46.6 Å². The SMILES string of the molecule is COc1cc(C)c(C(=O)OC(C)C)cc1C(C)C. The first-order valence-corrected chi connectivity index (χ1v) is 6.26. The highest BCUT2D eigenvalue weighted by Crippen LogP contribution is 2.30. The van der Waals surface area contributed by atoms with E-state index in [1.807, 2.05) is 32.9 Å². The zero-order valence-electron chi connectivity index (χ0n) is 12.0. The number of rotatable bonds is 4. The van der Waals surface area contributed by atoms with E-state index >= 15 is 0 Å². The van der Waals surface area contributed by atoms with Crippen LogP contribution in [0.2, 0.25) is 0 Å². The Hall–Kier alpha value is -1.51. The number of esters is 1. The molecule has 100 valence electrons. The molecule has 0 N–H and O–H groups in total. The number of aryl methyl sites for hydroxylation is 1. The molecule has 0 spiro atoms. The van der Waals surface area contributed by atoms with Gasteiger partial charge in [0.1, 0.15) is 5.75 Å². The summed E-state index contributed by atoms with van der Waals surface area (Å²) in [6.45, 7) is 9.74. The third-order valence-corrected chi connectivity index (χ3v) is 2.76. The molecule has 0 atom stereocenters. The molecule has 0 aliphatic heterocycles. The van der Waals surface area contributed by atoms with Crippen molar-refractivity contribution in [2.24, 2.45) is 0 Å². The second kappa shape index (κ2) is 5.89. The van der Waals surface area contributed by atoms with E-state index in [-0.39, 0.29) is 12.1 Å². The van der Waals surface area contributed by atoms with Gasteiger partial charge in [0.05, 0.1) is 18.8 Å². The summed E-state index contributed by atoms with van der Waals surface area (Å²) in [6, 6.07) is 3.77. The topological polar surface area (TPSA) is 35.5 Å². The first kappa shape index (κ1) is 14.6. The lowest BCUT2D eigenvalue weighted by Gasteiger charge is -2.16. The zero-order valence-corrected chi connectivity index (χ0v) is 12.0. The molecule has 1 aromatic carbocycles. The summed E-state index contributed by atoms with van der Waals surface area (Å²) < 4.78 is 10.6. The normalized spacial score (nSPS) is 10.9. The zero-order chi connectivity index (χ0) is 13.9. The molecule has 3 heteroatoms. The minimum Gasteiger partial charge on any atom is -0.496 e. The minimum atomic E-state index is -0.271. The van der Waals surface area contributed by atoms with Gasteiger partial charge in [-0.1, -0.05) is 13.8 Å². The van der Waals surface area contributed by atoms with Crippen LogP contribution in [0, 0.1) is 6.92 Å². The lowest BCUT2D eigenvalue weighted by molar-refractivity contribution is 0.0377. The largest absolute Gasteiger partial charge is 0.496 e. The van der Waals surface area contributed by atoms with Crippen molar-refractivity contribution in [2.75, 3.05) is 7.11 Å². The molecule has 0 heterocycles. The van der Waals surface area contributed by atoms with Crippen LogP contribution in [0.4, 0.5) is 0 Å². The Morgan fingerprint density at radius 3 is 2.22 bits per heavy atom. The molecule has 1 rings (SSSR count). The number of ether oxygens (including phenoxy) is 2. The first-order chi connectivity index (χ1) is 8.36. The maximum atomic E-state index is 12.0. The van der Waals surface area contributed by atoms with E-state index in [1.54, 1.807) is 7.11 Å². The van der Waals surface area contributed by atoms with Gasteiger partial charge in [0.25, 0.3) is 0 Å². The second-order valence-corrected chi connectivity index (χ2v) is 5.02. The van der Waals surface area contributed by atoms with Gasteiger partial charge in [-0.3, -0.25) is 0 Å². The predicted molar refractivity (Wildman–Crippen MR) is 72.4 cm³/mol. The summed E-state index contributed by atoms with van der Waals surface area (Å²) in [6.07, 6.45) is -0.110. The fraction of sp³-hybridized carbons (Fsp3) is 0.533. The van der Waals surface area contributed by atoms with Crippen LogP contribution in [-0.2, 0) is 4.74 Å². The van der Waals surface area contributed by atoms with Gasteiger partial charge in [-0.2, -0.15) is 0 Å². The Morgan fingerprint density at radius 2 is 1.78 bits per heavy atom. The molecule has 0 saturated carbocycles. The highest BCUT2D eigenvalue weighted by Gasteiger charge is 2.17. The molecule has 18 heavy (non-hydrogen) atoms. The lowest BCUT2D eigenvalue weighted by Crippen LogP contribution is -2.13. The van der Waals surface area contributed by atoms with Gasteiger partial charge in [0.15, 0.2) is 0 Å². The highest BCUT2D eigenvalue weighted by molar-refractivity contribution is 5.91. The van der Waals surface area contributed by atoms with Crippen LogP contribution in [-0.4, -0.2) is 19.2 Å². The molecular weight excluding hydrogens is 228 g/mol. The molecule has 0 unspecified atom stereocenters. The van der Waals surface area contributed by atoms with Crippen molar-refractivity contribution in [1.29, 1.82) is 0 Å². The number of benzene rings is 1. The molecule has 1 aromatic rings. The van der Waals surface area contributed by atoms with Gasteiger partial charge >= 0.3 is 5.97 Å².